The van der Waals surface area contributed by atoms with Crippen LogP contribution in [0, 0.1) is 17.0 Å². The van der Waals surface area contributed by atoms with Gasteiger partial charge in [-0.3, -0.25) is 14.4 Å². The summed E-state index contributed by atoms with van der Waals surface area (Å²) >= 11 is 0. The summed E-state index contributed by atoms with van der Waals surface area (Å²) in [5.74, 6) is -3.74. The Morgan fingerprint density at radius 2 is 1.97 bits per heavy atom. The molecule has 2 atom stereocenters. The van der Waals surface area contributed by atoms with E-state index in [0.717, 1.165) is 12.5 Å². The topological polar surface area (TPSA) is 97.6 Å². The smallest absolute Gasteiger partial charge is 0.257 e. The van der Waals surface area contributed by atoms with E-state index in [1.165, 1.54) is 16.8 Å². The molecule has 32 heavy (non-hydrogen) atoms. The van der Waals surface area contributed by atoms with E-state index in [4.69, 9.17) is 4.74 Å². The Kier molecular flexibility index (Phi) is 6.50. The fourth-order valence-corrected chi connectivity index (χ4v) is 4.04. The summed E-state index contributed by atoms with van der Waals surface area (Å²) in [7, 11) is 0. The zero-order valence-electron chi connectivity index (χ0n) is 18.4. The number of ether oxygens (including phenoxy) is 1. The van der Waals surface area contributed by atoms with Crippen LogP contribution in [-0.2, 0) is 11.3 Å². The number of halogens is 2. The number of fused-ring (bicyclic) bond motifs is 1. The predicted molar refractivity (Wildman–Crippen MR) is 113 cm³/mol. The van der Waals surface area contributed by atoms with Gasteiger partial charge in [-0.2, -0.15) is 0 Å². The average Bonchev–Trinajstić information content (AvgIpc) is 2.73. The lowest BCUT2D eigenvalue weighted by atomic mass is 9.74. The molecule has 1 amide bonds. The zero-order chi connectivity index (χ0) is 23.8. The molecule has 3 rings (SSSR count). The summed E-state index contributed by atoms with van der Waals surface area (Å²) in [6.07, 6.45) is 1.41. The number of ketones is 1. The van der Waals surface area contributed by atoms with Crippen LogP contribution in [0.3, 0.4) is 0 Å². The minimum Gasteiger partial charge on any atom is -0.503 e. The molecule has 0 saturated carbocycles. The van der Waals surface area contributed by atoms with Gasteiger partial charge in [-0.15, -0.1) is 0 Å². The highest BCUT2D eigenvalue weighted by molar-refractivity contribution is 6.03. The highest BCUT2D eigenvalue weighted by atomic mass is 19.1. The van der Waals surface area contributed by atoms with Crippen LogP contribution in [0.4, 0.5) is 8.78 Å². The third-order valence-corrected chi connectivity index (χ3v) is 5.80. The van der Waals surface area contributed by atoms with E-state index >= 15 is 0 Å². The molecule has 9 heteroatoms. The number of amides is 1. The summed E-state index contributed by atoms with van der Waals surface area (Å²) < 4.78 is 34.2. The molecular formula is C23H26F2N2O5. The molecular weight excluding hydrogens is 422 g/mol. The second kappa shape index (κ2) is 8.82. The number of hydrogen-bond donors (Lipinski definition) is 2. The van der Waals surface area contributed by atoms with Crippen LogP contribution >= 0.6 is 0 Å². The van der Waals surface area contributed by atoms with Crippen LogP contribution in [0.15, 0.2) is 29.2 Å². The molecule has 1 aromatic heterocycles. The summed E-state index contributed by atoms with van der Waals surface area (Å²) in [6, 6.07) is 2.46. The third kappa shape index (κ3) is 4.04. The van der Waals surface area contributed by atoms with E-state index in [9.17, 15) is 28.3 Å². The number of rotatable bonds is 6. The van der Waals surface area contributed by atoms with Crippen molar-refractivity contribution in [2.75, 3.05) is 6.61 Å². The zero-order valence-corrected chi connectivity index (χ0v) is 18.4. The average molecular weight is 448 g/mol. The van der Waals surface area contributed by atoms with Gasteiger partial charge in [0.25, 0.3) is 5.91 Å². The van der Waals surface area contributed by atoms with Crippen molar-refractivity contribution in [2.24, 2.45) is 5.41 Å². The number of nitrogens with zero attached hydrogens (tertiary/aromatic N) is 1. The molecule has 2 N–H and O–H groups in total. The van der Waals surface area contributed by atoms with Gasteiger partial charge < -0.3 is 19.7 Å². The molecule has 1 aliphatic heterocycles. The molecule has 0 spiro atoms. The quantitative estimate of drug-likeness (QED) is 0.707. The summed E-state index contributed by atoms with van der Waals surface area (Å²) in [5, 5.41) is 12.9. The van der Waals surface area contributed by atoms with Crippen LogP contribution in [0.1, 0.15) is 66.6 Å². The molecule has 2 heterocycles. The van der Waals surface area contributed by atoms with E-state index in [2.05, 4.69) is 5.32 Å². The second-order valence-electron chi connectivity index (χ2n) is 8.48. The molecule has 1 aliphatic rings. The first-order valence-corrected chi connectivity index (χ1v) is 10.4. The van der Waals surface area contributed by atoms with E-state index in [1.807, 2.05) is 6.92 Å². The fraction of sp³-hybridized carbons (Fsp3) is 0.435. The maximum Gasteiger partial charge on any atom is 0.257 e. The molecule has 172 valence electrons. The lowest BCUT2D eigenvalue weighted by molar-refractivity contribution is -0.0500. The Bertz CT molecular complexity index is 1130. The number of aromatic nitrogens is 1. The molecule has 2 aromatic rings. The van der Waals surface area contributed by atoms with Crippen molar-refractivity contribution in [3.63, 3.8) is 0 Å². The van der Waals surface area contributed by atoms with Gasteiger partial charge in [-0.05, 0) is 33.3 Å². The molecule has 0 fully saturated rings. The predicted octanol–water partition coefficient (Wildman–Crippen LogP) is 3.34. The number of benzene rings is 1. The van der Waals surface area contributed by atoms with Crippen LogP contribution in [0.5, 0.6) is 5.75 Å². The van der Waals surface area contributed by atoms with Crippen molar-refractivity contribution < 1.29 is 28.2 Å². The SMILES string of the molecule is CCCO[C@H]1[C@@H](C)n2cc(C(=O)NCc3ccc(F)cc3F)c(=O)c(O)c2C(=O)C1(C)C. The van der Waals surface area contributed by atoms with Crippen LogP contribution in [-0.4, -0.2) is 34.1 Å². The van der Waals surface area contributed by atoms with Crippen molar-refractivity contribution in [1.82, 2.24) is 9.88 Å². The number of hydrogen-bond acceptors (Lipinski definition) is 5. The minimum atomic E-state index is -1.00. The van der Waals surface area contributed by atoms with Gasteiger partial charge in [-0.25, -0.2) is 8.78 Å². The Morgan fingerprint density at radius 1 is 1.28 bits per heavy atom. The van der Waals surface area contributed by atoms with Gasteiger partial charge in [0.1, 0.15) is 22.9 Å². The number of nitrogens with one attached hydrogen (secondary N) is 1. The first-order valence-electron chi connectivity index (χ1n) is 10.4. The number of Topliss-reactive ketones (excluding diaryl/α,β-unsaturated/α-hetero) is 1. The largest absolute Gasteiger partial charge is 0.503 e. The normalized spacial score (nSPS) is 19.5. The first kappa shape index (κ1) is 23.6. The number of pyridine rings is 1. The maximum atomic E-state index is 13.8. The standard InChI is InChI=1S/C23H26F2N2O5/c1-5-8-32-21-12(2)27-11-15(18(28)19(29)17(27)20(30)23(21,3)4)22(31)26-10-13-6-7-14(24)9-16(13)25/h6-7,9,11-12,21,29H,5,8,10H2,1-4H3,(H,26,31)/t12-,21+/m1/s1. The van der Waals surface area contributed by atoms with Gasteiger partial charge in [-0.1, -0.05) is 13.0 Å². The molecule has 0 saturated heterocycles. The van der Waals surface area contributed by atoms with Gasteiger partial charge in [0.2, 0.25) is 5.43 Å². The highest BCUT2D eigenvalue weighted by Gasteiger charge is 2.48. The maximum absolute atomic E-state index is 13.8. The van der Waals surface area contributed by atoms with E-state index < -0.39 is 57.6 Å². The van der Waals surface area contributed by atoms with Crippen molar-refractivity contribution in [3.8, 4) is 5.75 Å². The highest BCUT2D eigenvalue weighted by Crippen LogP contribution is 2.41. The summed E-state index contributed by atoms with van der Waals surface area (Å²) in [6.45, 7) is 7.22. The fourth-order valence-electron chi connectivity index (χ4n) is 4.04. The van der Waals surface area contributed by atoms with E-state index in [0.29, 0.717) is 12.7 Å². The van der Waals surface area contributed by atoms with E-state index in [-0.39, 0.29) is 17.8 Å². The summed E-state index contributed by atoms with van der Waals surface area (Å²) in [4.78, 5) is 38.5. The number of aromatic hydroxyl groups is 1. The molecule has 0 aliphatic carbocycles. The Balaban J connectivity index is 1.97. The van der Waals surface area contributed by atoms with Crippen molar-refractivity contribution in [2.45, 2.75) is 52.8 Å². The van der Waals surface area contributed by atoms with Crippen LogP contribution in [0.2, 0.25) is 0 Å². The monoisotopic (exact) mass is 448 g/mol. The molecule has 7 nitrogen and oxygen atoms in total. The lowest BCUT2D eigenvalue weighted by Crippen LogP contribution is -2.50. The summed E-state index contributed by atoms with van der Waals surface area (Å²) in [5.41, 5.74) is -2.55. The Morgan fingerprint density at radius 3 is 2.59 bits per heavy atom. The van der Waals surface area contributed by atoms with E-state index in [1.54, 1.807) is 20.8 Å². The number of carbonyl (C=O) groups excluding carboxylic acids is 2. The Labute approximate surface area is 184 Å². The molecule has 0 bridgehead atoms. The van der Waals surface area contributed by atoms with Gasteiger partial charge >= 0.3 is 0 Å². The third-order valence-electron chi connectivity index (χ3n) is 5.80. The van der Waals surface area contributed by atoms with Crippen molar-refractivity contribution in [1.29, 1.82) is 0 Å². The molecule has 0 radical (unpaired) electrons. The van der Waals surface area contributed by atoms with Gasteiger partial charge in [0.05, 0.1) is 17.6 Å². The van der Waals surface area contributed by atoms with Gasteiger partial charge in [0, 0.05) is 31.0 Å². The first-order chi connectivity index (χ1) is 15.0. The lowest BCUT2D eigenvalue weighted by Gasteiger charge is -2.43. The van der Waals surface area contributed by atoms with Gasteiger partial charge in [0.15, 0.2) is 11.5 Å². The Hall–Kier alpha value is -3.07. The second-order valence-corrected chi connectivity index (χ2v) is 8.48. The number of carbonyl (C=O) groups is 2. The van der Waals surface area contributed by atoms with Crippen LogP contribution < -0.4 is 10.7 Å². The minimum absolute atomic E-state index is 0.0281. The molecule has 1 aromatic carbocycles. The van der Waals surface area contributed by atoms with Crippen LogP contribution in [0.25, 0.3) is 0 Å². The van der Waals surface area contributed by atoms with Crippen molar-refractivity contribution in [3.05, 3.63) is 63.1 Å². The van der Waals surface area contributed by atoms with Crippen molar-refractivity contribution >= 4 is 11.7 Å². The molecule has 0 unspecified atom stereocenters.